The van der Waals surface area contributed by atoms with Crippen LogP contribution in [0.5, 0.6) is 5.75 Å². The van der Waals surface area contributed by atoms with Crippen molar-refractivity contribution in [3.05, 3.63) is 68.3 Å². The lowest BCUT2D eigenvalue weighted by Gasteiger charge is -2.17. The standard InChI is InChI=1S/C18H20N2OS2/c1-13-12-23-18(20-13)16(10-15-7-5-9-22-15)19-11-14-6-3-4-8-17(14)21-2/h3-9,12,16,19H,10-11H2,1-2H3/t16-/m1/s1. The first kappa shape index (κ1) is 16.2. The van der Waals surface area contributed by atoms with Crippen LogP contribution < -0.4 is 10.1 Å². The Balaban J connectivity index is 1.75. The van der Waals surface area contributed by atoms with Crippen LogP contribution in [0.15, 0.2) is 47.2 Å². The summed E-state index contributed by atoms with van der Waals surface area (Å²) in [5.41, 5.74) is 2.25. The van der Waals surface area contributed by atoms with Crippen LogP contribution in [0.3, 0.4) is 0 Å². The van der Waals surface area contributed by atoms with Crippen molar-refractivity contribution in [1.29, 1.82) is 0 Å². The van der Waals surface area contributed by atoms with Crippen molar-refractivity contribution in [1.82, 2.24) is 10.3 Å². The normalized spacial score (nSPS) is 12.3. The van der Waals surface area contributed by atoms with Gasteiger partial charge in [0.15, 0.2) is 0 Å². The van der Waals surface area contributed by atoms with Crippen molar-refractivity contribution in [2.75, 3.05) is 7.11 Å². The number of hydrogen-bond acceptors (Lipinski definition) is 5. The first-order chi connectivity index (χ1) is 11.3. The molecule has 0 amide bonds. The van der Waals surface area contributed by atoms with Gasteiger partial charge in [0.25, 0.3) is 0 Å². The van der Waals surface area contributed by atoms with Crippen molar-refractivity contribution in [2.24, 2.45) is 0 Å². The molecule has 1 aromatic carbocycles. The third kappa shape index (κ3) is 4.19. The van der Waals surface area contributed by atoms with Gasteiger partial charge in [0.1, 0.15) is 10.8 Å². The van der Waals surface area contributed by atoms with Crippen LogP contribution in [0.4, 0.5) is 0 Å². The molecule has 120 valence electrons. The van der Waals surface area contributed by atoms with Crippen LogP contribution >= 0.6 is 22.7 Å². The van der Waals surface area contributed by atoms with Gasteiger partial charge in [-0.3, -0.25) is 0 Å². The third-order valence-electron chi connectivity index (χ3n) is 3.65. The van der Waals surface area contributed by atoms with E-state index in [0.29, 0.717) is 0 Å². The highest BCUT2D eigenvalue weighted by Gasteiger charge is 2.16. The number of rotatable bonds is 7. The molecule has 3 aromatic rings. The van der Waals surface area contributed by atoms with E-state index in [-0.39, 0.29) is 6.04 Å². The minimum Gasteiger partial charge on any atom is -0.496 e. The molecule has 5 heteroatoms. The highest BCUT2D eigenvalue weighted by molar-refractivity contribution is 7.10. The minimum absolute atomic E-state index is 0.220. The second kappa shape index (κ2) is 7.73. The smallest absolute Gasteiger partial charge is 0.123 e. The van der Waals surface area contributed by atoms with E-state index in [0.717, 1.165) is 29.4 Å². The molecule has 2 heterocycles. The summed E-state index contributed by atoms with van der Waals surface area (Å²) in [6.07, 6.45) is 0.958. The fraction of sp³-hybridized carbons (Fsp3) is 0.278. The lowest BCUT2D eigenvalue weighted by atomic mass is 10.1. The Morgan fingerprint density at radius 2 is 2.04 bits per heavy atom. The molecule has 0 aliphatic carbocycles. The Morgan fingerprint density at radius 3 is 2.74 bits per heavy atom. The van der Waals surface area contributed by atoms with Crippen LogP contribution in [0, 0.1) is 6.92 Å². The molecule has 0 aliphatic rings. The van der Waals surface area contributed by atoms with Gasteiger partial charge in [-0.2, -0.15) is 0 Å². The second-order valence-corrected chi connectivity index (χ2v) is 7.28. The fourth-order valence-corrected chi connectivity index (χ4v) is 4.11. The monoisotopic (exact) mass is 344 g/mol. The Hall–Kier alpha value is -1.69. The van der Waals surface area contributed by atoms with Crippen LogP contribution in [0.25, 0.3) is 0 Å². The number of benzene rings is 1. The number of nitrogens with one attached hydrogen (secondary N) is 1. The Labute approximate surface area is 145 Å². The van der Waals surface area contributed by atoms with E-state index < -0.39 is 0 Å². The van der Waals surface area contributed by atoms with Gasteiger partial charge in [0, 0.05) is 34.5 Å². The van der Waals surface area contributed by atoms with Crippen molar-refractivity contribution in [3.63, 3.8) is 0 Å². The predicted octanol–water partition coefficient (Wildman–Crippen LogP) is 4.60. The van der Waals surface area contributed by atoms with Crippen molar-refractivity contribution < 1.29 is 4.74 Å². The number of hydrogen-bond donors (Lipinski definition) is 1. The number of aromatic nitrogens is 1. The molecule has 3 rings (SSSR count). The van der Waals surface area contributed by atoms with E-state index in [9.17, 15) is 0 Å². The summed E-state index contributed by atoms with van der Waals surface area (Å²) >= 11 is 3.52. The van der Waals surface area contributed by atoms with Gasteiger partial charge in [0.2, 0.25) is 0 Å². The lowest BCUT2D eigenvalue weighted by molar-refractivity contribution is 0.405. The van der Waals surface area contributed by atoms with Gasteiger partial charge >= 0.3 is 0 Å². The van der Waals surface area contributed by atoms with Crippen molar-refractivity contribution in [3.8, 4) is 5.75 Å². The molecule has 0 radical (unpaired) electrons. The number of para-hydroxylation sites is 1. The van der Waals surface area contributed by atoms with Crippen molar-refractivity contribution >= 4 is 22.7 Å². The molecular weight excluding hydrogens is 324 g/mol. The van der Waals surface area contributed by atoms with E-state index in [1.807, 2.05) is 25.1 Å². The van der Waals surface area contributed by atoms with Gasteiger partial charge in [-0.15, -0.1) is 22.7 Å². The quantitative estimate of drug-likeness (QED) is 0.680. The number of thiazole rings is 1. The Kier molecular flexibility index (Phi) is 5.43. The van der Waals surface area contributed by atoms with Gasteiger partial charge in [-0.1, -0.05) is 24.3 Å². The topological polar surface area (TPSA) is 34.1 Å². The molecular formula is C18H20N2OS2. The van der Waals surface area contributed by atoms with E-state index in [2.05, 4.69) is 39.3 Å². The molecule has 0 bridgehead atoms. The Morgan fingerprint density at radius 1 is 1.17 bits per heavy atom. The number of thiophene rings is 1. The molecule has 0 saturated carbocycles. The summed E-state index contributed by atoms with van der Waals surface area (Å²) in [5, 5.41) is 9.03. The number of nitrogens with zero attached hydrogens (tertiary/aromatic N) is 1. The molecule has 23 heavy (non-hydrogen) atoms. The fourth-order valence-electron chi connectivity index (χ4n) is 2.49. The van der Waals surface area contributed by atoms with Crippen LogP contribution in [0.2, 0.25) is 0 Å². The molecule has 0 spiro atoms. The molecule has 1 N–H and O–H groups in total. The van der Waals surface area contributed by atoms with Gasteiger partial charge in [-0.25, -0.2) is 4.98 Å². The van der Waals surface area contributed by atoms with Crippen LogP contribution in [-0.4, -0.2) is 12.1 Å². The summed E-state index contributed by atoms with van der Waals surface area (Å²) in [7, 11) is 1.71. The molecule has 0 unspecified atom stereocenters. The van der Waals surface area contributed by atoms with E-state index in [1.165, 1.54) is 10.4 Å². The van der Waals surface area contributed by atoms with E-state index >= 15 is 0 Å². The first-order valence-corrected chi connectivity index (χ1v) is 9.32. The summed E-state index contributed by atoms with van der Waals surface area (Å²) in [5.74, 6) is 0.921. The summed E-state index contributed by atoms with van der Waals surface area (Å²) in [6.45, 7) is 2.81. The highest BCUT2D eigenvalue weighted by atomic mass is 32.1. The second-order valence-electron chi connectivity index (χ2n) is 5.36. The van der Waals surface area contributed by atoms with E-state index in [1.54, 1.807) is 29.8 Å². The maximum absolute atomic E-state index is 5.44. The predicted molar refractivity (Wildman–Crippen MR) is 97.4 cm³/mol. The third-order valence-corrected chi connectivity index (χ3v) is 5.63. The number of ether oxygens (including phenoxy) is 1. The number of aryl methyl sites for hydroxylation is 1. The van der Waals surface area contributed by atoms with Gasteiger partial charge < -0.3 is 10.1 Å². The molecule has 0 saturated heterocycles. The maximum atomic E-state index is 5.44. The minimum atomic E-state index is 0.220. The average Bonchev–Trinajstić information content (AvgIpc) is 3.23. The number of methoxy groups -OCH3 is 1. The maximum Gasteiger partial charge on any atom is 0.123 e. The van der Waals surface area contributed by atoms with Gasteiger partial charge in [-0.05, 0) is 24.4 Å². The summed E-state index contributed by atoms with van der Waals surface area (Å²) in [4.78, 5) is 6.05. The summed E-state index contributed by atoms with van der Waals surface area (Å²) < 4.78 is 5.44. The zero-order chi connectivity index (χ0) is 16.1. The zero-order valence-corrected chi connectivity index (χ0v) is 14.9. The van der Waals surface area contributed by atoms with Crippen LogP contribution in [-0.2, 0) is 13.0 Å². The average molecular weight is 345 g/mol. The molecule has 0 aliphatic heterocycles. The van der Waals surface area contributed by atoms with Crippen LogP contribution in [0.1, 0.15) is 27.2 Å². The highest BCUT2D eigenvalue weighted by Crippen LogP contribution is 2.25. The SMILES string of the molecule is COc1ccccc1CN[C@H](Cc1cccs1)c1nc(C)cs1. The molecule has 1 atom stereocenters. The largest absolute Gasteiger partial charge is 0.496 e. The first-order valence-electron chi connectivity index (χ1n) is 7.56. The zero-order valence-electron chi connectivity index (χ0n) is 13.3. The molecule has 2 aromatic heterocycles. The van der Waals surface area contributed by atoms with Crippen molar-refractivity contribution in [2.45, 2.75) is 25.9 Å². The molecule has 0 fully saturated rings. The molecule has 3 nitrogen and oxygen atoms in total. The Bertz CT molecular complexity index is 737. The summed E-state index contributed by atoms with van der Waals surface area (Å²) in [6, 6.07) is 12.6. The van der Waals surface area contributed by atoms with Gasteiger partial charge in [0.05, 0.1) is 13.2 Å². The van der Waals surface area contributed by atoms with E-state index in [4.69, 9.17) is 4.74 Å². The lowest BCUT2D eigenvalue weighted by Crippen LogP contribution is -2.23.